The van der Waals surface area contributed by atoms with E-state index in [1.54, 1.807) is 42.4 Å². The van der Waals surface area contributed by atoms with Crippen LogP contribution in [0.25, 0.3) is 5.69 Å². The van der Waals surface area contributed by atoms with Gasteiger partial charge in [-0.25, -0.2) is 19.0 Å². The second-order valence-electron chi connectivity index (χ2n) is 6.47. The zero-order valence-corrected chi connectivity index (χ0v) is 16.0. The molecular formula is C19H18ClFN6O. The average Bonchev–Trinajstić information content (AvgIpc) is 3.03. The molecule has 0 N–H and O–H groups in total. The predicted molar refractivity (Wildman–Crippen MR) is 103 cm³/mol. The minimum Gasteiger partial charge on any atom is -0.337 e. The molecule has 0 radical (unpaired) electrons. The summed E-state index contributed by atoms with van der Waals surface area (Å²) < 4.78 is 14.6. The third-order valence-corrected chi connectivity index (χ3v) is 5.04. The lowest BCUT2D eigenvalue weighted by atomic mass is 10.2. The molecule has 0 spiro atoms. The van der Waals surface area contributed by atoms with E-state index in [-0.39, 0.29) is 16.9 Å². The molecule has 0 unspecified atom stereocenters. The minimum atomic E-state index is -0.347. The molecule has 144 valence electrons. The van der Waals surface area contributed by atoms with E-state index in [9.17, 15) is 9.18 Å². The number of anilines is 1. The van der Waals surface area contributed by atoms with Gasteiger partial charge in [-0.05, 0) is 37.3 Å². The number of nitrogens with zero attached hydrogens (tertiary/aromatic N) is 6. The molecule has 1 amide bonds. The van der Waals surface area contributed by atoms with Gasteiger partial charge in [0.1, 0.15) is 11.0 Å². The lowest BCUT2D eigenvalue weighted by Crippen LogP contribution is -2.49. The Balaban J connectivity index is 1.52. The van der Waals surface area contributed by atoms with Crippen molar-refractivity contribution in [2.45, 2.75) is 6.92 Å². The normalized spacial score (nSPS) is 14.4. The monoisotopic (exact) mass is 400 g/mol. The van der Waals surface area contributed by atoms with E-state index in [1.807, 2.05) is 4.90 Å². The number of carbonyl (C=O) groups excluding carboxylic acids is 1. The zero-order chi connectivity index (χ0) is 19.7. The van der Waals surface area contributed by atoms with Gasteiger partial charge < -0.3 is 9.80 Å². The summed E-state index contributed by atoms with van der Waals surface area (Å²) >= 11 is 6.47. The van der Waals surface area contributed by atoms with Crippen LogP contribution in [0.15, 0.2) is 42.7 Å². The molecule has 4 rings (SSSR count). The molecule has 1 saturated heterocycles. The van der Waals surface area contributed by atoms with Gasteiger partial charge in [-0.15, -0.1) is 0 Å². The lowest BCUT2D eigenvalue weighted by molar-refractivity contribution is 0.0745. The van der Waals surface area contributed by atoms with Gasteiger partial charge in [0.15, 0.2) is 0 Å². The van der Waals surface area contributed by atoms with E-state index in [1.165, 1.54) is 16.8 Å². The third kappa shape index (κ3) is 3.43. The van der Waals surface area contributed by atoms with Gasteiger partial charge in [0.25, 0.3) is 5.91 Å². The number of aromatic nitrogens is 4. The Kier molecular flexibility index (Phi) is 4.95. The maximum atomic E-state index is 13.2. The van der Waals surface area contributed by atoms with Crippen molar-refractivity contribution in [1.82, 2.24) is 24.6 Å². The minimum absolute atomic E-state index is 0.163. The summed E-state index contributed by atoms with van der Waals surface area (Å²) in [6.45, 7) is 4.09. The first-order valence-corrected chi connectivity index (χ1v) is 9.24. The molecule has 9 heteroatoms. The van der Waals surface area contributed by atoms with Gasteiger partial charge in [0.05, 0.1) is 16.9 Å². The molecule has 3 aromatic rings. The molecule has 7 nitrogen and oxygen atoms in total. The van der Waals surface area contributed by atoms with Crippen LogP contribution in [0.4, 0.5) is 10.3 Å². The van der Waals surface area contributed by atoms with E-state index in [0.29, 0.717) is 49.1 Å². The van der Waals surface area contributed by atoms with E-state index >= 15 is 0 Å². The summed E-state index contributed by atoms with van der Waals surface area (Å²) in [5, 5.41) is 4.60. The molecule has 0 atom stereocenters. The quantitative estimate of drug-likeness (QED) is 0.676. The molecule has 3 heterocycles. The second kappa shape index (κ2) is 7.55. The lowest BCUT2D eigenvalue weighted by Gasteiger charge is -2.34. The van der Waals surface area contributed by atoms with Crippen molar-refractivity contribution in [2.75, 3.05) is 31.1 Å². The summed E-state index contributed by atoms with van der Waals surface area (Å²) in [5.41, 5.74) is 1.50. The Bertz CT molecular complexity index is 984. The highest BCUT2D eigenvalue weighted by molar-refractivity contribution is 6.33. The summed E-state index contributed by atoms with van der Waals surface area (Å²) in [4.78, 5) is 25.4. The molecule has 1 aliphatic heterocycles. The summed E-state index contributed by atoms with van der Waals surface area (Å²) in [7, 11) is 0. The highest BCUT2D eigenvalue weighted by atomic mass is 35.5. The number of benzene rings is 1. The average molecular weight is 401 g/mol. The van der Waals surface area contributed by atoms with E-state index in [0.717, 1.165) is 0 Å². The molecule has 28 heavy (non-hydrogen) atoms. The first-order valence-electron chi connectivity index (χ1n) is 8.87. The van der Waals surface area contributed by atoms with Gasteiger partial charge >= 0.3 is 0 Å². The SMILES string of the molecule is Cc1nn(-c2ccc(F)cc2)c(Cl)c1C(=O)N1CCN(c2ncccn2)CC1. The van der Waals surface area contributed by atoms with Crippen molar-refractivity contribution in [3.05, 3.63) is 65.0 Å². The largest absolute Gasteiger partial charge is 0.337 e. The number of piperazine rings is 1. The molecule has 1 fully saturated rings. The topological polar surface area (TPSA) is 67.2 Å². The van der Waals surface area contributed by atoms with E-state index in [2.05, 4.69) is 15.1 Å². The van der Waals surface area contributed by atoms with Gasteiger partial charge in [-0.3, -0.25) is 4.79 Å². The van der Waals surface area contributed by atoms with Crippen LogP contribution in [0.2, 0.25) is 5.15 Å². The van der Waals surface area contributed by atoms with Gasteiger partial charge in [0.2, 0.25) is 5.95 Å². The fourth-order valence-corrected chi connectivity index (χ4v) is 3.57. The van der Waals surface area contributed by atoms with Crippen molar-refractivity contribution in [1.29, 1.82) is 0 Å². The predicted octanol–water partition coefficient (Wildman–Crippen LogP) is 2.73. The number of rotatable bonds is 3. The zero-order valence-electron chi connectivity index (χ0n) is 15.2. The number of hydrogen-bond acceptors (Lipinski definition) is 5. The summed E-state index contributed by atoms with van der Waals surface area (Å²) in [6.07, 6.45) is 3.40. The van der Waals surface area contributed by atoms with Gasteiger partial charge in [-0.1, -0.05) is 11.6 Å². The molecule has 0 saturated carbocycles. The molecule has 0 bridgehead atoms. The highest BCUT2D eigenvalue weighted by Crippen LogP contribution is 2.25. The Morgan fingerprint density at radius 2 is 1.71 bits per heavy atom. The van der Waals surface area contributed by atoms with E-state index in [4.69, 9.17) is 11.6 Å². The van der Waals surface area contributed by atoms with Crippen molar-refractivity contribution >= 4 is 23.5 Å². The first-order chi connectivity index (χ1) is 13.5. The van der Waals surface area contributed by atoms with E-state index < -0.39 is 0 Å². The van der Waals surface area contributed by atoms with Crippen LogP contribution in [0, 0.1) is 12.7 Å². The summed E-state index contributed by atoms with van der Waals surface area (Å²) in [5.74, 6) is 0.151. The number of carbonyl (C=O) groups is 1. The Labute approximate surface area is 166 Å². The Morgan fingerprint density at radius 3 is 2.36 bits per heavy atom. The van der Waals surface area contributed by atoms with Crippen LogP contribution in [-0.2, 0) is 0 Å². The smallest absolute Gasteiger partial charge is 0.259 e. The van der Waals surface area contributed by atoms with Gasteiger partial charge in [-0.2, -0.15) is 5.10 Å². The highest BCUT2D eigenvalue weighted by Gasteiger charge is 2.28. The maximum Gasteiger partial charge on any atom is 0.259 e. The van der Waals surface area contributed by atoms with Crippen LogP contribution in [0.1, 0.15) is 16.1 Å². The fraction of sp³-hybridized carbons (Fsp3) is 0.263. The van der Waals surface area contributed by atoms with Crippen LogP contribution in [0.5, 0.6) is 0 Å². The molecule has 2 aromatic heterocycles. The van der Waals surface area contributed by atoms with Crippen molar-refractivity contribution in [2.24, 2.45) is 0 Å². The summed E-state index contributed by atoms with van der Waals surface area (Å²) in [6, 6.07) is 7.57. The van der Waals surface area contributed by atoms with Crippen LogP contribution in [-0.4, -0.2) is 56.7 Å². The number of halogens is 2. The number of amides is 1. The van der Waals surface area contributed by atoms with Crippen LogP contribution in [0.3, 0.4) is 0 Å². The number of aryl methyl sites for hydroxylation is 1. The van der Waals surface area contributed by atoms with Crippen LogP contribution < -0.4 is 4.90 Å². The van der Waals surface area contributed by atoms with Crippen LogP contribution >= 0.6 is 11.6 Å². The van der Waals surface area contributed by atoms with Gasteiger partial charge in [0, 0.05) is 38.6 Å². The maximum absolute atomic E-state index is 13.2. The molecule has 1 aliphatic rings. The molecule has 0 aliphatic carbocycles. The van der Waals surface area contributed by atoms with Crippen molar-refractivity contribution in [3.63, 3.8) is 0 Å². The Morgan fingerprint density at radius 1 is 1.07 bits per heavy atom. The molecule has 1 aromatic carbocycles. The molecular weight excluding hydrogens is 383 g/mol. The first kappa shape index (κ1) is 18.4. The Hall–Kier alpha value is -3.00. The fourth-order valence-electron chi connectivity index (χ4n) is 3.22. The van der Waals surface area contributed by atoms with Crippen molar-refractivity contribution < 1.29 is 9.18 Å². The number of hydrogen-bond donors (Lipinski definition) is 0. The third-order valence-electron chi connectivity index (χ3n) is 4.69. The second-order valence-corrected chi connectivity index (χ2v) is 6.83. The van der Waals surface area contributed by atoms with Crippen molar-refractivity contribution in [3.8, 4) is 5.69 Å². The standard InChI is InChI=1S/C19H18ClFN6O/c1-13-16(17(20)27(24-13)15-5-3-14(21)4-6-15)18(28)25-9-11-26(12-10-25)19-22-7-2-8-23-19/h2-8H,9-12H2,1H3.